The van der Waals surface area contributed by atoms with Gasteiger partial charge in [0, 0.05) is 18.1 Å². The molecule has 0 aromatic heterocycles. The lowest BCUT2D eigenvalue weighted by Gasteiger charge is -2.25. The first-order valence-corrected chi connectivity index (χ1v) is 10.2. The number of hydrogen-bond acceptors (Lipinski definition) is 4. The highest BCUT2D eigenvalue weighted by atomic mass is 35.5. The minimum atomic E-state index is -0.546. The lowest BCUT2D eigenvalue weighted by molar-refractivity contribution is -0.125. The minimum Gasteiger partial charge on any atom is -0.497 e. The van der Waals surface area contributed by atoms with E-state index in [1.165, 1.54) is 4.90 Å². The summed E-state index contributed by atoms with van der Waals surface area (Å²) in [5.41, 5.74) is 1.65. The summed E-state index contributed by atoms with van der Waals surface area (Å²) < 4.78 is 5.20. The second kappa shape index (κ2) is 8.36. The van der Waals surface area contributed by atoms with Gasteiger partial charge in [-0.2, -0.15) is 0 Å². The van der Waals surface area contributed by atoms with E-state index in [0.29, 0.717) is 41.5 Å². The molecule has 8 heteroatoms. The van der Waals surface area contributed by atoms with Crippen molar-refractivity contribution in [2.45, 2.75) is 25.4 Å². The highest BCUT2D eigenvalue weighted by Gasteiger charge is 2.42. The molecule has 0 unspecified atom stereocenters. The Morgan fingerprint density at radius 2 is 2.07 bits per heavy atom. The van der Waals surface area contributed by atoms with E-state index < -0.39 is 6.04 Å². The van der Waals surface area contributed by atoms with Crippen LogP contribution in [0.1, 0.15) is 28.8 Å². The Bertz CT molecular complexity index is 1010. The number of ether oxygens (including phenoxy) is 1. The maximum Gasteiger partial charge on any atom is 0.256 e. The summed E-state index contributed by atoms with van der Waals surface area (Å²) >= 11 is 6.11. The van der Waals surface area contributed by atoms with Crippen LogP contribution in [0.4, 0.5) is 5.69 Å². The third-order valence-corrected chi connectivity index (χ3v) is 5.71. The van der Waals surface area contributed by atoms with E-state index >= 15 is 0 Å². The molecule has 0 bridgehead atoms. The van der Waals surface area contributed by atoms with Gasteiger partial charge in [-0.15, -0.1) is 0 Å². The predicted molar refractivity (Wildman–Crippen MR) is 113 cm³/mol. The van der Waals surface area contributed by atoms with Crippen molar-refractivity contribution in [2.75, 3.05) is 25.1 Å². The molecule has 1 N–H and O–H groups in total. The zero-order valence-electron chi connectivity index (χ0n) is 16.6. The maximum absolute atomic E-state index is 13.2. The predicted octanol–water partition coefficient (Wildman–Crippen LogP) is 2.62. The van der Waals surface area contributed by atoms with Crippen LogP contribution in [0, 0.1) is 0 Å². The Balaban J connectivity index is 1.55. The second-order valence-electron chi connectivity index (χ2n) is 7.37. The molecule has 2 aliphatic heterocycles. The van der Waals surface area contributed by atoms with Gasteiger partial charge < -0.3 is 19.9 Å². The number of benzene rings is 2. The number of halogens is 1. The van der Waals surface area contributed by atoms with E-state index in [4.69, 9.17) is 16.3 Å². The van der Waals surface area contributed by atoms with Crippen molar-refractivity contribution in [3.8, 4) is 5.75 Å². The molecule has 2 aromatic carbocycles. The van der Waals surface area contributed by atoms with E-state index in [1.807, 2.05) is 24.3 Å². The fourth-order valence-electron chi connectivity index (χ4n) is 3.98. The van der Waals surface area contributed by atoms with Crippen molar-refractivity contribution in [1.82, 2.24) is 10.2 Å². The summed E-state index contributed by atoms with van der Waals surface area (Å²) in [4.78, 5) is 41.9. The molecule has 2 aliphatic rings. The summed E-state index contributed by atoms with van der Waals surface area (Å²) in [5, 5.41) is 3.25. The summed E-state index contributed by atoms with van der Waals surface area (Å²) in [7, 11) is 1.58. The number of anilines is 1. The smallest absolute Gasteiger partial charge is 0.256 e. The number of hydrogen-bond donors (Lipinski definition) is 1. The number of rotatable bonds is 5. The number of nitrogens with zero attached hydrogens (tertiary/aromatic N) is 2. The number of carbonyl (C=O) groups excluding carboxylic acids is 3. The molecule has 1 atom stereocenters. The lowest BCUT2D eigenvalue weighted by atomic mass is 10.1. The average molecular weight is 428 g/mol. The van der Waals surface area contributed by atoms with Gasteiger partial charge in [0.1, 0.15) is 18.3 Å². The van der Waals surface area contributed by atoms with Crippen LogP contribution in [-0.4, -0.2) is 48.9 Å². The zero-order valence-corrected chi connectivity index (χ0v) is 17.3. The maximum atomic E-state index is 13.2. The molecular weight excluding hydrogens is 406 g/mol. The van der Waals surface area contributed by atoms with Crippen LogP contribution in [0.3, 0.4) is 0 Å². The van der Waals surface area contributed by atoms with E-state index in [9.17, 15) is 14.4 Å². The summed E-state index contributed by atoms with van der Waals surface area (Å²) in [6, 6.07) is 11.7. The molecule has 0 aliphatic carbocycles. The van der Waals surface area contributed by atoms with Crippen molar-refractivity contribution in [3.63, 3.8) is 0 Å². The molecule has 1 saturated heterocycles. The van der Waals surface area contributed by atoms with E-state index in [-0.39, 0.29) is 24.3 Å². The molecular formula is C22H22ClN3O4. The number of carbonyl (C=O) groups is 3. The van der Waals surface area contributed by atoms with Crippen molar-refractivity contribution in [1.29, 1.82) is 0 Å². The Kier molecular flexibility index (Phi) is 5.63. The zero-order chi connectivity index (χ0) is 21.3. The molecule has 0 spiro atoms. The van der Waals surface area contributed by atoms with E-state index in [1.54, 1.807) is 30.2 Å². The highest BCUT2D eigenvalue weighted by Crippen LogP contribution is 2.33. The Morgan fingerprint density at radius 3 is 2.87 bits per heavy atom. The topological polar surface area (TPSA) is 79.0 Å². The lowest BCUT2D eigenvalue weighted by Crippen LogP contribution is -2.48. The standard InChI is InChI=1S/C22H22ClN3O4/c1-30-16-5-2-4-14(10-16)12-24-20(27)13-26-18-8-7-15(23)11-17(18)21(28)25-9-3-6-19(25)22(26)29/h2,4-5,7-8,10-11,19H,3,6,9,12-13H2,1H3,(H,24,27)/t19-/m1/s1. The monoisotopic (exact) mass is 427 g/mol. The van der Waals surface area contributed by atoms with Crippen molar-refractivity contribution >= 4 is 35.0 Å². The average Bonchev–Trinajstić information content (AvgIpc) is 3.23. The van der Waals surface area contributed by atoms with Crippen LogP contribution >= 0.6 is 11.6 Å². The first-order chi connectivity index (χ1) is 14.5. The molecule has 1 fully saturated rings. The molecule has 2 heterocycles. The van der Waals surface area contributed by atoms with Gasteiger partial charge in [0.2, 0.25) is 11.8 Å². The first kappa shape index (κ1) is 20.2. The van der Waals surface area contributed by atoms with Gasteiger partial charge in [-0.25, -0.2) is 0 Å². The molecule has 156 valence electrons. The third kappa shape index (κ3) is 3.85. The summed E-state index contributed by atoms with van der Waals surface area (Å²) in [6.07, 6.45) is 1.35. The van der Waals surface area contributed by atoms with Crippen LogP contribution in [0.25, 0.3) is 0 Å². The molecule has 30 heavy (non-hydrogen) atoms. The van der Waals surface area contributed by atoms with Gasteiger partial charge in [0.15, 0.2) is 0 Å². The Labute approximate surface area is 179 Å². The molecule has 7 nitrogen and oxygen atoms in total. The van der Waals surface area contributed by atoms with Crippen LogP contribution in [0.5, 0.6) is 5.75 Å². The van der Waals surface area contributed by atoms with Gasteiger partial charge in [0.05, 0.1) is 18.4 Å². The number of methoxy groups -OCH3 is 1. The van der Waals surface area contributed by atoms with Gasteiger partial charge >= 0.3 is 0 Å². The fraction of sp³-hybridized carbons (Fsp3) is 0.318. The molecule has 0 saturated carbocycles. The van der Waals surface area contributed by atoms with Gasteiger partial charge in [-0.1, -0.05) is 23.7 Å². The summed E-state index contributed by atoms with van der Waals surface area (Å²) in [6.45, 7) is 0.659. The highest BCUT2D eigenvalue weighted by molar-refractivity contribution is 6.31. The third-order valence-electron chi connectivity index (χ3n) is 5.47. The number of amides is 3. The Morgan fingerprint density at radius 1 is 1.23 bits per heavy atom. The number of fused-ring (bicyclic) bond motifs is 2. The SMILES string of the molecule is COc1cccc(CNC(=O)CN2C(=O)[C@H]3CCCN3C(=O)c3cc(Cl)ccc32)c1. The molecule has 3 amide bonds. The minimum absolute atomic E-state index is 0.172. The van der Waals surface area contributed by atoms with Crippen molar-refractivity contribution in [2.24, 2.45) is 0 Å². The molecule has 4 rings (SSSR count). The summed E-state index contributed by atoms with van der Waals surface area (Å²) in [5.74, 6) is -0.0675. The quantitative estimate of drug-likeness (QED) is 0.795. The largest absolute Gasteiger partial charge is 0.497 e. The fourth-order valence-corrected chi connectivity index (χ4v) is 4.15. The number of nitrogens with one attached hydrogen (secondary N) is 1. The second-order valence-corrected chi connectivity index (χ2v) is 7.81. The van der Waals surface area contributed by atoms with Crippen LogP contribution in [0.15, 0.2) is 42.5 Å². The van der Waals surface area contributed by atoms with E-state index in [0.717, 1.165) is 12.0 Å². The van der Waals surface area contributed by atoms with Gasteiger partial charge in [0.25, 0.3) is 5.91 Å². The first-order valence-electron chi connectivity index (χ1n) is 9.79. The van der Waals surface area contributed by atoms with Gasteiger partial charge in [-0.3, -0.25) is 14.4 Å². The van der Waals surface area contributed by atoms with Gasteiger partial charge in [-0.05, 0) is 48.7 Å². The Hall–Kier alpha value is -3.06. The normalized spacial score (nSPS) is 18.0. The van der Waals surface area contributed by atoms with Crippen LogP contribution < -0.4 is 15.0 Å². The molecule has 2 aromatic rings. The molecule has 0 radical (unpaired) electrons. The van der Waals surface area contributed by atoms with Crippen molar-refractivity contribution < 1.29 is 19.1 Å². The van der Waals surface area contributed by atoms with Crippen LogP contribution in [-0.2, 0) is 16.1 Å². The van der Waals surface area contributed by atoms with Crippen LogP contribution in [0.2, 0.25) is 5.02 Å². The van der Waals surface area contributed by atoms with E-state index in [2.05, 4.69) is 5.32 Å². The van der Waals surface area contributed by atoms with Crippen molar-refractivity contribution in [3.05, 3.63) is 58.6 Å².